The quantitative estimate of drug-likeness (QED) is 0.770. The minimum atomic E-state index is -0.460. The van der Waals surface area contributed by atoms with Gasteiger partial charge in [0, 0.05) is 26.7 Å². The summed E-state index contributed by atoms with van der Waals surface area (Å²) in [5, 5.41) is 6.24. The largest absolute Gasteiger partial charge is 0.375 e. The number of carbonyl (C=O) groups is 2. The fourth-order valence-corrected chi connectivity index (χ4v) is 3.48. The van der Waals surface area contributed by atoms with Crippen molar-refractivity contribution in [1.82, 2.24) is 15.5 Å². The van der Waals surface area contributed by atoms with Crippen LogP contribution in [0.5, 0.6) is 0 Å². The van der Waals surface area contributed by atoms with E-state index in [4.69, 9.17) is 4.74 Å². The van der Waals surface area contributed by atoms with E-state index in [1.807, 2.05) is 18.7 Å². The number of piperidine rings is 1. The van der Waals surface area contributed by atoms with E-state index in [-0.39, 0.29) is 24.3 Å². The highest BCUT2D eigenvalue weighted by molar-refractivity contribution is 5.88. The molecular formula is C16H29N3O3. The second-order valence-electron chi connectivity index (χ2n) is 6.97. The summed E-state index contributed by atoms with van der Waals surface area (Å²) in [5.74, 6) is -0.124. The predicted molar refractivity (Wildman–Crippen MR) is 84.4 cm³/mol. The van der Waals surface area contributed by atoms with E-state index in [0.29, 0.717) is 5.41 Å². The molecule has 0 aliphatic carbocycles. The van der Waals surface area contributed by atoms with Crippen LogP contribution in [0.15, 0.2) is 0 Å². The third kappa shape index (κ3) is 3.98. The summed E-state index contributed by atoms with van der Waals surface area (Å²) < 4.78 is 4.83. The molecule has 2 saturated heterocycles. The topological polar surface area (TPSA) is 70.7 Å². The van der Waals surface area contributed by atoms with E-state index in [1.165, 1.54) is 13.5 Å². The lowest BCUT2D eigenvalue weighted by Gasteiger charge is -2.40. The molecule has 6 heteroatoms. The highest BCUT2D eigenvalue weighted by atomic mass is 16.5. The Hall–Kier alpha value is -1.14. The van der Waals surface area contributed by atoms with Crippen LogP contribution in [0.3, 0.4) is 0 Å². The lowest BCUT2D eigenvalue weighted by molar-refractivity contribution is -0.140. The van der Waals surface area contributed by atoms with Crippen LogP contribution in [0.1, 0.15) is 33.1 Å². The van der Waals surface area contributed by atoms with Gasteiger partial charge in [-0.05, 0) is 37.1 Å². The minimum absolute atomic E-state index is 0.00865. The Morgan fingerprint density at radius 1 is 1.27 bits per heavy atom. The molecule has 2 N–H and O–H groups in total. The zero-order chi connectivity index (χ0) is 16.2. The minimum Gasteiger partial charge on any atom is -0.375 e. The molecule has 1 atom stereocenters. The summed E-state index contributed by atoms with van der Waals surface area (Å²) in [6.45, 7) is 7.67. The Morgan fingerprint density at radius 3 is 2.45 bits per heavy atom. The zero-order valence-electron chi connectivity index (χ0n) is 14.0. The van der Waals surface area contributed by atoms with E-state index in [9.17, 15) is 9.59 Å². The van der Waals surface area contributed by atoms with Gasteiger partial charge in [0.25, 0.3) is 0 Å². The molecule has 2 amide bonds. The summed E-state index contributed by atoms with van der Waals surface area (Å²) in [4.78, 5) is 26.4. The van der Waals surface area contributed by atoms with Gasteiger partial charge in [-0.1, -0.05) is 13.8 Å². The first-order valence-corrected chi connectivity index (χ1v) is 8.25. The molecular weight excluding hydrogens is 282 g/mol. The average molecular weight is 311 g/mol. The van der Waals surface area contributed by atoms with Crippen molar-refractivity contribution in [2.45, 2.75) is 39.2 Å². The van der Waals surface area contributed by atoms with Crippen LogP contribution in [0.25, 0.3) is 0 Å². The number of methoxy groups -OCH3 is 1. The lowest BCUT2D eigenvalue weighted by Crippen LogP contribution is -2.54. The van der Waals surface area contributed by atoms with Gasteiger partial charge in [-0.3, -0.25) is 9.59 Å². The first-order chi connectivity index (χ1) is 10.5. The van der Waals surface area contributed by atoms with Crippen molar-refractivity contribution in [3.8, 4) is 0 Å². The Bertz CT molecular complexity index is 395. The SMILES string of the molecule is COCC(=O)N[C@H](C(=O)N1CCC2(CCNC2)CC1)C(C)C. The molecule has 0 aromatic heterocycles. The standard InChI is InChI=1S/C16H29N3O3/c1-12(2)14(18-13(20)10-22-3)15(21)19-8-5-16(6-9-19)4-7-17-11-16/h12,14,17H,4-11H2,1-3H3,(H,18,20)/t14-/m0/s1. The third-order valence-corrected chi connectivity index (χ3v) is 4.99. The van der Waals surface area contributed by atoms with Crippen LogP contribution in [-0.2, 0) is 14.3 Å². The predicted octanol–water partition coefficient (Wildman–Crippen LogP) is 0.376. The van der Waals surface area contributed by atoms with Gasteiger partial charge in [-0.15, -0.1) is 0 Å². The number of amides is 2. The summed E-state index contributed by atoms with van der Waals surface area (Å²) in [7, 11) is 1.48. The molecule has 0 aromatic rings. The lowest BCUT2D eigenvalue weighted by atomic mass is 9.77. The Morgan fingerprint density at radius 2 is 1.95 bits per heavy atom. The Labute approximate surface area is 132 Å². The molecule has 2 rings (SSSR count). The maximum atomic E-state index is 12.7. The monoisotopic (exact) mass is 311 g/mol. The van der Waals surface area contributed by atoms with Crippen molar-refractivity contribution >= 4 is 11.8 Å². The number of carbonyl (C=O) groups excluding carboxylic acids is 2. The maximum absolute atomic E-state index is 12.7. The second kappa shape index (κ2) is 7.42. The van der Waals surface area contributed by atoms with Crippen molar-refractivity contribution in [2.24, 2.45) is 11.3 Å². The normalized spacial score (nSPS) is 22.1. The maximum Gasteiger partial charge on any atom is 0.246 e. The van der Waals surface area contributed by atoms with Gasteiger partial charge in [-0.2, -0.15) is 0 Å². The van der Waals surface area contributed by atoms with Crippen LogP contribution in [-0.4, -0.2) is 62.7 Å². The number of hydrogen-bond donors (Lipinski definition) is 2. The Kier molecular flexibility index (Phi) is 5.81. The first kappa shape index (κ1) is 17.2. The highest BCUT2D eigenvalue weighted by Gasteiger charge is 2.39. The number of nitrogens with zero attached hydrogens (tertiary/aromatic N) is 1. The molecule has 0 radical (unpaired) electrons. The van der Waals surface area contributed by atoms with Crippen molar-refractivity contribution in [2.75, 3.05) is 39.9 Å². The van der Waals surface area contributed by atoms with Crippen molar-refractivity contribution < 1.29 is 14.3 Å². The van der Waals surface area contributed by atoms with E-state index in [2.05, 4.69) is 10.6 Å². The highest BCUT2D eigenvalue weighted by Crippen LogP contribution is 2.37. The molecule has 2 aliphatic rings. The molecule has 126 valence electrons. The molecule has 2 heterocycles. The smallest absolute Gasteiger partial charge is 0.246 e. The summed E-state index contributed by atoms with van der Waals surface area (Å²) in [6.07, 6.45) is 3.33. The van der Waals surface area contributed by atoms with Gasteiger partial charge >= 0.3 is 0 Å². The number of rotatable bonds is 5. The second-order valence-corrected chi connectivity index (χ2v) is 6.97. The summed E-state index contributed by atoms with van der Waals surface area (Å²) >= 11 is 0. The molecule has 0 saturated carbocycles. The zero-order valence-corrected chi connectivity index (χ0v) is 14.0. The van der Waals surface area contributed by atoms with E-state index in [0.717, 1.165) is 39.0 Å². The number of nitrogens with one attached hydrogen (secondary N) is 2. The van der Waals surface area contributed by atoms with Crippen LogP contribution in [0.2, 0.25) is 0 Å². The molecule has 2 aliphatic heterocycles. The van der Waals surface area contributed by atoms with Gasteiger partial charge < -0.3 is 20.3 Å². The van der Waals surface area contributed by atoms with Crippen LogP contribution in [0, 0.1) is 11.3 Å². The Balaban J connectivity index is 1.92. The van der Waals surface area contributed by atoms with E-state index >= 15 is 0 Å². The van der Waals surface area contributed by atoms with Crippen LogP contribution < -0.4 is 10.6 Å². The summed E-state index contributed by atoms with van der Waals surface area (Å²) in [6, 6.07) is -0.460. The first-order valence-electron chi connectivity index (χ1n) is 8.25. The number of likely N-dealkylation sites (tertiary alicyclic amines) is 1. The number of ether oxygens (including phenoxy) is 1. The molecule has 0 unspecified atom stereocenters. The van der Waals surface area contributed by atoms with Gasteiger partial charge in [0.15, 0.2) is 0 Å². The van der Waals surface area contributed by atoms with Gasteiger partial charge in [-0.25, -0.2) is 0 Å². The van der Waals surface area contributed by atoms with E-state index < -0.39 is 6.04 Å². The van der Waals surface area contributed by atoms with Crippen LogP contribution in [0.4, 0.5) is 0 Å². The number of hydrogen-bond acceptors (Lipinski definition) is 4. The molecule has 6 nitrogen and oxygen atoms in total. The van der Waals surface area contributed by atoms with Crippen molar-refractivity contribution in [3.63, 3.8) is 0 Å². The summed E-state index contributed by atoms with van der Waals surface area (Å²) in [5.41, 5.74) is 0.392. The molecule has 0 aromatic carbocycles. The molecule has 1 spiro atoms. The third-order valence-electron chi connectivity index (χ3n) is 4.99. The molecule has 0 bridgehead atoms. The van der Waals surface area contributed by atoms with Crippen molar-refractivity contribution in [1.29, 1.82) is 0 Å². The fourth-order valence-electron chi connectivity index (χ4n) is 3.48. The molecule has 2 fully saturated rings. The van der Waals surface area contributed by atoms with Gasteiger partial charge in [0.1, 0.15) is 12.6 Å². The van der Waals surface area contributed by atoms with Crippen molar-refractivity contribution in [3.05, 3.63) is 0 Å². The van der Waals surface area contributed by atoms with Gasteiger partial charge in [0.2, 0.25) is 11.8 Å². The fraction of sp³-hybridized carbons (Fsp3) is 0.875. The van der Waals surface area contributed by atoms with Crippen LogP contribution >= 0.6 is 0 Å². The van der Waals surface area contributed by atoms with Gasteiger partial charge in [0.05, 0.1) is 0 Å². The molecule has 22 heavy (non-hydrogen) atoms. The average Bonchev–Trinajstić information content (AvgIpc) is 2.93. The van der Waals surface area contributed by atoms with E-state index in [1.54, 1.807) is 0 Å².